The number of rotatable bonds is 0. The second-order valence-corrected chi connectivity index (χ2v) is 0. The van der Waals surface area contributed by atoms with Gasteiger partial charge in [0.25, 0.3) is 0 Å². The summed E-state index contributed by atoms with van der Waals surface area (Å²) in [4.78, 5) is 0. The first-order valence-corrected chi connectivity index (χ1v) is 0. The zero-order chi connectivity index (χ0) is 0. The molecule has 0 aliphatic rings. The van der Waals surface area contributed by atoms with Crippen molar-refractivity contribution in [3.05, 3.63) is 0 Å². The molecule has 0 aromatic rings. The van der Waals surface area contributed by atoms with Crippen LogP contribution in [0.5, 0.6) is 0 Å². The van der Waals surface area contributed by atoms with Gasteiger partial charge in [0.15, 0.2) is 0 Å². The Kier molecular flexibility index (Phi) is 189. The molecule has 0 saturated carbocycles. The molecule has 4 heteroatoms. The molecular formula is H3CoMnNaO. The van der Waals surface area contributed by atoms with E-state index in [2.05, 4.69) is 0 Å². The van der Waals surface area contributed by atoms with Crippen LogP contribution in [0.2, 0.25) is 0 Å². The van der Waals surface area contributed by atoms with Gasteiger partial charge in [-0.05, 0) is 0 Å². The van der Waals surface area contributed by atoms with Crippen molar-refractivity contribution in [3.63, 3.8) is 0 Å². The van der Waals surface area contributed by atoms with E-state index in [1.807, 2.05) is 0 Å². The minimum atomic E-state index is 0. The molecule has 2 N–H and O–H groups in total. The van der Waals surface area contributed by atoms with Gasteiger partial charge in [0.1, 0.15) is 0 Å². The van der Waals surface area contributed by atoms with Crippen LogP contribution in [0.4, 0.5) is 0 Å². The second-order valence-electron chi connectivity index (χ2n) is 0. The van der Waals surface area contributed by atoms with Crippen LogP contribution in [0.15, 0.2) is 0 Å². The van der Waals surface area contributed by atoms with Crippen molar-refractivity contribution < 1.29 is 39.3 Å². The molecule has 0 rings (SSSR count). The summed E-state index contributed by atoms with van der Waals surface area (Å²) in [5.74, 6) is 0. The summed E-state index contributed by atoms with van der Waals surface area (Å²) in [5.41, 5.74) is 0. The Morgan fingerprint density at radius 2 is 1.00 bits per heavy atom. The van der Waals surface area contributed by atoms with Crippen LogP contribution in [-0.4, -0.2) is 35.0 Å². The Morgan fingerprint density at radius 3 is 1.00 bits per heavy atom. The molecule has 0 heterocycles. The maximum atomic E-state index is 0. The minimum absolute atomic E-state index is 0. The summed E-state index contributed by atoms with van der Waals surface area (Å²) in [6.07, 6.45) is 0. The Bertz CT molecular complexity index is 8.00. The normalized spacial score (nSPS) is 0. The molecule has 0 fully saturated rings. The molecule has 0 unspecified atom stereocenters. The van der Waals surface area contributed by atoms with E-state index >= 15 is 0 Å². The molecule has 0 aliphatic carbocycles. The van der Waals surface area contributed by atoms with Crippen molar-refractivity contribution in [2.75, 3.05) is 0 Å². The van der Waals surface area contributed by atoms with E-state index in [-0.39, 0.29) is 68.9 Å². The molecule has 0 aliphatic heterocycles. The van der Waals surface area contributed by atoms with Crippen LogP contribution in [0, 0.1) is 0 Å². The van der Waals surface area contributed by atoms with Crippen molar-refractivity contribution in [1.29, 1.82) is 0 Å². The standard InChI is InChI=1S/Co.Mn.Na.H2O.H/h;;;1H2;. The van der Waals surface area contributed by atoms with Gasteiger partial charge in [-0.3, -0.25) is 0 Å². The van der Waals surface area contributed by atoms with Crippen LogP contribution in [0.25, 0.3) is 0 Å². The average molecular weight is 156 g/mol. The molecule has 0 saturated heterocycles. The fraction of sp³-hybridized carbons (Fsp3) is 0. The van der Waals surface area contributed by atoms with Gasteiger partial charge in [-0.25, -0.2) is 0 Å². The monoisotopic (exact) mass is 156 g/mol. The van der Waals surface area contributed by atoms with Gasteiger partial charge in [-0.2, -0.15) is 0 Å². The Hall–Kier alpha value is 1.99. The first kappa shape index (κ1) is 37.7. The van der Waals surface area contributed by atoms with E-state index in [0.717, 1.165) is 0 Å². The van der Waals surface area contributed by atoms with Gasteiger partial charge in [0.05, 0.1) is 0 Å². The molecule has 0 bridgehead atoms. The number of hydrogen-bond donors (Lipinski definition) is 0. The van der Waals surface area contributed by atoms with Crippen LogP contribution in [0.3, 0.4) is 0 Å². The molecule has 1 nitrogen and oxygen atoms in total. The van der Waals surface area contributed by atoms with Crippen LogP contribution in [-0.2, 0) is 33.8 Å². The Balaban J connectivity index is 0. The summed E-state index contributed by atoms with van der Waals surface area (Å²) in [6.45, 7) is 0. The van der Waals surface area contributed by atoms with Crippen molar-refractivity contribution in [2.24, 2.45) is 0 Å². The zero-order valence-corrected chi connectivity index (χ0v) is 3.43. The average Bonchev–Trinajstić information content (AvgIpc) is 0. The SMILES string of the molecule is O.[Co].[Mn].[NaH]. The predicted molar refractivity (Wildman–Crippen MR) is 10.8 cm³/mol. The van der Waals surface area contributed by atoms with Gasteiger partial charge in [-0.1, -0.05) is 0 Å². The van der Waals surface area contributed by atoms with E-state index in [9.17, 15) is 0 Å². The van der Waals surface area contributed by atoms with E-state index in [4.69, 9.17) is 0 Å². The zero-order valence-electron chi connectivity index (χ0n) is 1.21. The first-order valence-electron chi connectivity index (χ1n) is 0. The van der Waals surface area contributed by atoms with E-state index < -0.39 is 0 Å². The molecule has 0 aromatic heterocycles. The van der Waals surface area contributed by atoms with Crippen molar-refractivity contribution in [2.45, 2.75) is 0 Å². The topological polar surface area (TPSA) is 31.5 Å². The van der Waals surface area contributed by atoms with Crippen molar-refractivity contribution >= 4 is 29.6 Å². The summed E-state index contributed by atoms with van der Waals surface area (Å²) < 4.78 is 0. The van der Waals surface area contributed by atoms with E-state index in [1.165, 1.54) is 0 Å². The predicted octanol–water partition coefficient (Wildman–Crippen LogP) is -1.48. The van der Waals surface area contributed by atoms with Crippen LogP contribution in [0.1, 0.15) is 0 Å². The first-order chi connectivity index (χ1) is 0. The molecule has 2 radical (unpaired) electrons. The second kappa shape index (κ2) is 20.1. The van der Waals surface area contributed by atoms with Gasteiger partial charge in [-0.15, -0.1) is 0 Å². The third kappa shape index (κ3) is 9.01. The fourth-order valence-corrected chi connectivity index (χ4v) is 0. The maximum absolute atomic E-state index is 0. The van der Waals surface area contributed by atoms with Gasteiger partial charge >= 0.3 is 29.6 Å². The quantitative estimate of drug-likeness (QED) is 0.383. The third-order valence-corrected chi connectivity index (χ3v) is 0. The molecule has 0 spiro atoms. The molecule has 0 amide bonds. The Morgan fingerprint density at radius 1 is 1.00 bits per heavy atom. The van der Waals surface area contributed by atoms with Crippen LogP contribution >= 0.6 is 0 Å². The molecular weight excluding hydrogens is 153 g/mol. The molecule has 0 aromatic carbocycles. The van der Waals surface area contributed by atoms with E-state index in [1.54, 1.807) is 0 Å². The van der Waals surface area contributed by atoms with Gasteiger partial charge < -0.3 is 5.48 Å². The van der Waals surface area contributed by atoms with Crippen molar-refractivity contribution in [1.82, 2.24) is 0 Å². The van der Waals surface area contributed by atoms with Gasteiger partial charge in [0.2, 0.25) is 0 Å². The number of hydrogen-bond acceptors (Lipinski definition) is 0. The summed E-state index contributed by atoms with van der Waals surface area (Å²) in [7, 11) is 0. The Labute approximate surface area is 68.2 Å². The third-order valence-electron chi connectivity index (χ3n) is 0. The fourth-order valence-electron chi connectivity index (χ4n) is 0. The molecule has 26 valence electrons. The summed E-state index contributed by atoms with van der Waals surface area (Å²) >= 11 is 0. The van der Waals surface area contributed by atoms with Gasteiger partial charge in [0, 0.05) is 33.8 Å². The van der Waals surface area contributed by atoms with E-state index in [0.29, 0.717) is 0 Å². The summed E-state index contributed by atoms with van der Waals surface area (Å²) in [5, 5.41) is 0. The van der Waals surface area contributed by atoms with Crippen LogP contribution < -0.4 is 0 Å². The van der Waals surface area contributed by atoms with Crippen molar-refractivity contribution in [3.8, 4) is 0 Å². The molecule has 4 heavy (non-hydrogen) atoms. The summed E-state index contributed by atoms with van der Waals surface area (Å²) in [6, 6.07) is 0. The molecule has 0 atom stereocenters.